The van der Waals surface area contributed by atoms with Crippen LogP contribution in [0, 0.1) is 0 Å². The number of carbonyl (C=O) groups excluding carboxylic acids is 1. The van der Waals surface area contributed by atoms with Gasteiger partial charge in [-0.3, -0.25) is 0 Å². The van der Waals surface area contributed by atoms with Gasteiger partial charge < -0.3 is 20.1 Å². The molecular weight excluding hydrogens is 232 g/mol. The average molecular weight is 258 g/mol. The summed E-state index contributed by atoms with van der Waals surface area (Å²) in [5.41, 5.74) is -0.242. The number of hydrogen-bond donors (Lipinski definition) is 2. The Kier molecular flexibility index (Phi) is 5.41. The predicted molar refractivity (Wildman–Crippen MR) is 70.5 cm³/mol. The molecule has 2 atom stereocenters. The number of likely N-dealkylation sites (tertiary alicyclic amines) is 1. The Bertz CT molecular complexity index is 281. The molecule has 0 saturated carbocycles. The quantitative estimate of drug-likeness (QED) is 0.800. The Labute approximate surface area is 109 Å². The van der Waals surface area contributed by atoms with Crippen molar-refractivity contribution in [1.82, 2.24) is 10.2 Å². The first-order chi connectivity index (χ1) is 8.34. The van der Waals surface area contributed by atoms with Gasteiger partial charge in [0.05, 0.1) is 11.7 Å². The van der Waals surface area contributed by atoms with Gasteiger partial charge in [-0.2, -0.15) is 0 Å². The fourth-order valence-corrected chi connectivity index (χ4v) is 2.31. The van der Waals surface area contributed by atoms with Crippen LogP contribution in [0.5, 0.6) is 0 Å². The summed E-state index contributed by atoms with van der Waals surface area (Å²) in [4.78, 5) is 13.7. The second-order valence-corrected chi connectivity index (χ2v) is 5.76. The van der Waals surface area contributed by atoms with Crippen LogP contribution in [-0.4, -0.2) is 54.0 Å². The number of aliphatic hydroxyl groups excluding tert-OH is 1. The normalized spacial score (nSPS) is 22.7. The van der Waals surface area contributed by atoms with Crippen molar-refractivity contribution in [1.29, 1.82) is 0 Å². The first-order valence-electron chi connectivity index (χ1n) is 6.63. The van der Waals surface area contributed by atoms with Crippen LogP contribution < -0.4 is 5.32 Å². The standard InChI is InChI=1S/C13H26N2O3/c1-10(8-13(2,3)18-4)14-12(17)15-7-5-6-11(16)9-15/h10-11,16H,5-9H2,1-4H3,(H,14,17)/t10-,11+/m1/s1. The van der Waals surface area contributed by atoms with Gasteiger partial charge in [-0.25, -0.2) is 4.79 Å². The maximum absolute atomic E-state index is 12.0. The van der Waals surface area contributed by atoms with E-state index in [4.69, 9.17) is 4.74 Å². The minimum atomic E-state index is -0.379. The fourth-order valence-electron chi connectivity index (χ4n) is 2.31. The minimum Gasteiger partial charge on any atom is -0.391 e. The molecule has 1 fully saturated rings. The summed E-state index contributed by atoms with van der Waals surface area (Å²) in [6.07, 6.45) is 2.03. The number of nitrogens with zero attached hydrogens (tertiary/aromatic N) is 1. The van der Waals surface area contributed by atoms with Gasteiger partial charge in [0.15, 0.2) is 0 Å². The molecule has 1 saturated heterocycles. The zero-order chi connectivity index (χ0) is 13.8. The minimum absolute atomic E-state index is 0.0477. The number of ether oxygens (including phenoxy) is 1. The molecule has 1 aliphatic rings. The third kappa shape index (κ3) is 4.82. The molecule has 0 radical (unpaired) electrons. The Morgan fingerprint density at radius 2 is 2.28 bits per heavy atom. The van der Waals surface area contributed by atoms with Crippen molar-refractivity contribution in [3.8, 4) is 0 Å². The Balaban J connectivity index is 2.39. The predicted octanol–water partition coefficient (Wildman–Crippen LogP) is 1.36. The molecule has 1 aliphatic heterocycles. The van der Waals surface area contributed by atoms with E-state index in [1.54, 1.807) is 12.0 Å². The van der Waals surface area contributed by atoms with Crippen molar-refractivity contribution in [2.24, 2.45) is 0 Å². The summed E-state index contributed by atoms with van der Waals surface area (Å²) in [6.45, 7) is 7.13. The number of β-amino-alcohol motifs (C(OH)–C–C–N with tert-alkyl or cyclic N) is 1. The number of aliphatic hydroxyl groups is 1. The van der Waals surface area contributed by atoms with E-state index in [0.29, 0.717) is 6.54 Å². The van der Waals surface area contributed by atoms with Crippen LogP contribution in [0.2, 0.25) is 0 Å². The van der Waals surface area contributed by atoms with E-state index in [-0.39, 0.29) is 23.8 Å². The lowest BCUT2D eigenvalue weighted by Crippen LogP contribution is -2.50. The molecule has 0 aromatic carbocycles. The molecule has 0 aromatic heterocycles. The molecule has 5 nitrogen and oxygen atoms in total. The number of amides is 2. The van der Waals surface area contributed by atoms with Gasteiger partial charge in [0.2, 0.25) is 0 Å². The monoisotopic (exact) mass is 258 g/mol. The number of methoxy groups -OCH3 is 1. The highest BCUT2D eigenvalue weighted by Crippen LogP contribution is 2.16. The SMILES string of the molecule is COC(C)(C)C[C@@H](C)NC(=O)N1CCC[C@H](O)C1. The van der Waals surface area contributed by atoms with Crippen LogP contribution in [0.1, 0.15) is 40.0 Å². The van der Waals surface area contributed by atoms with E-state index in [9.17, 15) is 9.90 Å². The van der Waals surface area contributed by atoms with E-state index in [1.165, 1.54) is 0 Å². The second kappa shape index (κ2) is 6.38. The molecule has 1 rings (SSSR count). The van der Waals surface area contributed by atoms with E-state index in [0.717, 1.165) is 25.8 Å². The molecule has 0 unspecified atom stereocenters. The van der Waals surface area contributed by atoms with Gasteiger partial charge in [-0.1, -0.05) is 0 Å². The zero-order valence-electron chi connectivity index (χ0n) is 11.9. The van der Waals surface area contributed by atoms with Gasteiger partial charge in [0.25, 0.3) is 0 Å². The summed E-state index contributed by atoms with van der Waals surface area (Å²) in [7, 11) is 1.68. The highest BCUT2D eigenvalue weighted by Gasteiger charge is 2.25. The Hall–Kier alpha value is -0.810. The molecule has 106 valence electrons. The van der Waals surface area contributed by atoms with Crippen molar-refractivity contribution in [2.75, 3.05) is 20.2 Å². The smallest absolute Gasteiger partial charge is 0.317 e. The van der Waals surface area contributed by atoms with Crippen LogP contribution in [0.3, 0.4) is 0 Å². The summed E-state index contributed by atoms with van der Waals surface area (Å²) >= 11 is 0. The molecule has 18 heavy (non-hydrogen) atoms. The van der Waals surface area contributed by atoms with Crippen molar-refractivity contribution in [3.63, 3.8) is 0 Å². The maximum atomic E-state index is 12.0. The highest BCUT2D eigenvalue weighted by atomic mass is 16.5. The third-order valence-electron chi connectivity index (χ3n) is 3.40. The summed E-state index contributed by atoms with van der Waals surface area (Å²) in [6, 6.07) is -0.0420. The molecule has 0 aliphatic carbocycles. The van der Waals surface area contributed by atoms with Crippen molar-refractivity contribution < 1.29 is 14.6 Å². The highest BCUT2D eigenvalue weighted by molar-refractivity contribution is 5.74. The third-order valence-corrected chi connectivity index (χ3v) is 3.40. The van der Waals surface area contributed by atoms with Crippen LogP contribution >= 0.6 is 0 Å². The summed E-state index contributed by atoms with van der Waals surface area (Å²) < 4.78 is 5.35. The van der Waals surface area contributed by atoms with Gasteiger partial charge in [-0.05, 0) is 40.0 Å². The molecule has 0 bridgehead atoms. The summed E-state index contributed by atoms with van der Waals surface area (Å²) in [5, 5.41) is 12.5. The Morgan fingerprint density at radius 1 is 1.61 bits per heavy atom. The zero-order valence-corrected chi connectivity index (χ0v) is 11.9. The van der Waals surface area contributed by atoms with Crippen molar-refractivity contribution >= 4 is 6.03 Å². The molecule has 1 heterocycles. The number of hydrogen-bond acceptors (Lipinski definition) is 3. The number of piperidine rings is 1. The first-order valence-corrected chi connectivity index (χ1v) is 6.63. The van der Waals surface area contributed by atoms with Gasteiger partial charge >= 0.3 is 6.03 Å². The van der Waals surface area contributed by atoms with Gasteiger partial charge in [-0.15, -0.1) is 0 Å². The average Bonchev–Trinajstić information content (AvgIpc) is 2.28. The fraction of sp³-hybridized carbons (Fsp3) is 0.923. The first kappa shape index (κ1) is 15.2. The lowest BCUT2D eigenvalue weighted by molar-refractivity contribution is 0.00869. The molecule has 0 aromatic rings. The maximum Gasteiger partial charge on any atom is 0.317 e. The van der Waals surface area contributed by atoms with Crippen LogP contribution in [0.15, 0.2) is 0 Å². The molecule has 2 amide bonds. The topological polar surface area (TPSA) is 61.8 Å². The molecule has 2 N–H and O–H groups in total. The molecule has 5 heteroatoms. The Morgan fingerprint density at radius 3 is 2.83 bits per heavy atom. The van der Waals surface area contributed by atoms with E-state index >= 15 is 0 Å². The number of urea groups is 1. The van der Waals surface area contributed by atoms with E-state index in [2.05, 4.69) is 5.32 Å². The number of rotatable bonds is 4. The van der Waals surface area contributed by atoms with E-state index in [1.807, 2.05) is 20.8 Å². The lowest BCUT2D eigenvalue weighted by Gasteiger charge is -2.32. The van der Waals surface area contributed by atoms with Crippen LogP contribution in [0.4, 0.5) is 4.79 Å². The second-order valence-electron chi connectivity index (χ2n) is 5.76. The molecular formula is C13H26N2O3. The van der Waals surface area contributed by atoms with Crippen molar-refractivity contribution in [2.45, 2.75) is 57.8 Å². The van der Waals surface area contributed by atoms with Crippen LogP contribution in [-0.2, 0) is 4.74 Å². The van der Waals surface area contributed by atoms with Gasteiger partial charge in [0, 0.05) is 26.2 Å². The number of nitrogens with one attached hydrogen (secondary N) is 1. The van der Waals surface area contributed by atoms with Crippen LogP contribution in [0.25, 0.3) is 0 Å². The number of carbonyl (C=O) groups is 1. The van der Waals surface area contributed by atoms with Crippen molar-refractivity contribution in [3.05, 3.63) is 0 Å². The summed E-state index contributed by atoms with van der Waals surface area (Å²) in [5.74, 6) is 0. The van der Waals surface area contributed by atoms with Gasteiger partial charge in [0.1, 0.15) is 0 Å². The lowest BCUT2D eigenvalue weighted by atomic mass is 10.00. The largest absolute Gasteiger partial charge is 0.391 e. The molecule has 0 spiro atoms. The van der Waals surface area contributed by atoms with E-state index < -0.39 is 0 Å².